The molecule has 21 heavy (non-hydrogen) atoms. The SMILES string of the molecule is CC(C(N)=S)N1CCN(c2cc(C(F)(F)F)ccn2)CC1. The number of nitrogens with zero attached hydrogens (tertiary/aromatic N) is 3. The normalized spacial score (nSPS) is 18.6. The molecule has 0 amide bonds. The number of anilines is 1. The zero-order valence-electron chi connectivity index (χ0n) is 11.6. The fourth-order valence-corrected chi connectivity index (χ4v) is 2.43. The van der Waals surface area contributed by atoms with Crippen LogP contribution in [0.3, 0.4) is 0 Å². The molecule has 1 atom stereocenters. The molecule has 0 spiro atoms. The van der Waals surface area contributed by atoms with E-state index < -0.39 is 11.7 Å². The summed E-state index contributed by atoms with van der Waals surface area (Å²) >= 11 is 4.97. The molecule has 0 radical (unpaired) electrons. The average molecular weight is 318 g/mol. The standard InChI is InChI=1S/C13H17F3N4S/c1-9(12(17)21)19-4-6-20(7-5-19)11-8-10(2-3-18-11)13(14,15)16/h2-3,8-9H,4-7H2,1H3,(H2,17,21). The van der Waals surface area contributed by atoms with Gasteiger partial charge in [0.05, 0.1) is 16.6 Å². The predicted molar refractivity (Wildman–Crippen MR) is 79.3 cm³/mol. The second kappa shape index (κ2) is 6.15. The van der Waals surface area contributed by atoms with Crippen molar-refractivity contribution in [1.29, 1.82) is 0 Å². The average Bonchev–Trinajstić information content (AvgIpc) is 2.46. The van der Waals surface area contributed by atoms with Crippen LogP contribution in [-0.4, -0.2) is 47.1 Å². The minimum Gasteiger partial charge on any atom is -0.392 e. The summed E-state index contributed by atoms with van der Waals surface area (Å²) in [6.45, 7) is 4.51. The summed E-state index contributed by atoms with van der Waals surface area (Å²) in [7, 11) is 0. The van der Waals surface area contributed by atoms with Gasteiger partial charge >= 0.3 is 6.18 Å². The smallest absolute Gasteiger partial charge is 0.392 e. The lowest BCUT2D eigenvalue weighted by Crippen LogP contribution is -2.52. The van der Waals surface area contributed by atoms with Crippen LogP contribution in [0, 0.1) is 0 Å². The third-order valence-electron chi connectivity index (χ3n) is 3.67. The molecular weight excluding hydrogens is 301 g/mol. The molecule has 0 aromatic carbocycles. The molecule has 1 unspecified atom stereocenters. The first kappa shape index (κ1) is 16.0. The van der Waals surface area contributed by atoms with Crippen molar-refractivity contribution in [2.75, 3.05) is 31.1 Å². The molecule has 0 bridgehead atoms. The maximum Gasteiger partial charge on any atom is 0.416 e. The highest BCUT2D eigenvalue weighted by atomic mass is 32.1. The summed E-state index contributed by atoms with van der Waals surface area (Å²) < 4.78 is 38.1. The summed E-state index contributed by atoms with van der Waals surface area (Å²) in [5.41, 5.74) is 4.94. The van der Waals surface area contributed by atoms with Gasteiger partial charge in [-0.25, -0.2) is 4.98 Å². The third kappa shape index (κ3) is 3.82. The number of alkyl halides is 3. The van der Waals surface area contributed by atoms with E-state index in [4.69, 9.17) is 18.0 Å². The summed E-state index contributed by atoms with van der Waals surface area (Å²) in [6, 6.07) is 2.07. The van der Waals surface area contributed by atoms with Gasteiger partial charge in [-0.2, -0.15) is 13.2 Å². The molecule has 1 fully saturated rings. The Kier molecular flexibility index (Phi) is 4.67. The minimum absolute atomic E-state index is 0.00313. The molecule has 1 aliphatic rings. The summed E-state index contributed by atoms with van der Waals surface area (Å²) in [5.74, 6) is 0.354. The number of halogens is 3. The lowest BCUT2D eigenvalue weighted by Gasteiger charge is -2.38. The molecule has 1 aromatic heterocycles. The summed E-state index contributed by atoms with van der Waals surface area (Å²) in [4.78, 5) is 8.43. The molecule has 1 aliphatic heterocycles. The lowest BCUT2D eigenvalue weighted by molar-refractivity contribution is -0.137. The first-order valence-electron chi connectivity index (χ1n) is 6.60. The van der Waals surface area contributed by atoms with Crippen molar-refractivity contribution in [3.05, 3.63) is 23.9 Å². The number of pyridine rings is 1. The van der Waals surface area contributed by atoms with Crippen LogP contribution in [0.1, 0.15) is 12.5 Å². The van der Waals surface area contributed by atoms with E-state index in [2.05, 4.69) is 9.88 Å². The Labute approximate surface area is 126 Å². The maximum atomic E-state index is 12.7. The van der Waals surface area contributed by atoms with Crippen LogP contribution < -0.4 is 10.6 Å². The Bertz CT molecular complexity index is 512. The number of thiocarbonyl (C=S) groups is 1. The van der Waals surface area contributed by atoms with Crippen LogP contribution in [-0.2, 0) is 6.18 Å². The number of rotatable bonds is 3. The Morgan fingerprint density at radius 1 is 1.33 bits per heavy atom. The highest BCUT2D eigenvalue weighted by Crippen LogP contribution is 2.30. The van der Waals surface area contributed by atoms with E-state index in [1.807, 2.05) is 11.8 Å². The molecule has 116 valence electrons. The molecule has 2 N–H and O–H groups in total. The molecule has 1 aromatic rings. The third-order valence-corrected chi connectivity index (χ3v) is 4.01. The fraction of sp³-hybridized carbons (Fsp3) is 0.538. The van der Waals surface area contributed by atoms with E-state index >= 15 is 0 Å². The van der Waals surface area contributed by atoms with E-state index in [1.54, 1.807) is 0 Å². The van der Waals surface area contributed by atoms with Crippen LogP contribution in [0.25, 0.3) is 0 Å². The second-order valence-electron chi connectivity index (χ2n) is 5.00. The largest absolute Gasteiger partial charge is 0.416 e. The van der Waals surface area contributed by atoms with Gasteiger partial charge in [-0.15, -0.1) is 0 Å². The molecular formula is C13H17F3N4S. The molecule has 2 heterocycles. The van der Waals surface area contributed by atoms with Gasteiger partial charge in [-0.1, -0.05) is 12.2 Å². The van der Waals surface area contributed by atoms with Crippen molar-refractivity contribution >= 4 is 23.0 Å². The van der Waals surface area contributed by atoms with Crippen molar-refractivity contribution in [3.8, 4) is 0 Å². The van der Waals surface area contributed by atoms with Crippen LogP contribution in [0.5, 0.6) is 0 Å². The number of hydrogen-bond acceptors (Lipinski definition) is 4. The van der Waals surface area contributed by atoms with Crippen LogP contribution in [0.2, 0.25) is 0 Å². The summed E-state index contributed by atoms with van der Waals surface area (Å²) in [6.07, 6.45) is -3.15. The van der Waals surface area contributed by atoms with Gasteiger partial charge < -0.3 is 10.6 Å². The van der Waals surface area contributed by atoms with Crippen molar-refractivity contribution in [2.45, 2.75) is 19.1 Å². The molecule has 0 saturated carbocycles. The minimum atomic E-state index is -4.35. The summed E-state index contributed by atoms with van der Waals surface area (Å²) in [5, 5.41) is 0. The zero-order chi connectivity index (χ0) is 15.6. The predicted octanol–water partition coefficient (Wildman–Crippen LogP) is 1.90. The van der Waals surface area contributed by atoms with E-state index in [0.29, 0.717) is 37.0 Å². The molecule has 8 heteroatoms. The van der Waals surface area contributed by atoms with Gasteiger partial charge in [0.1, 0.15) is 5.82 Å². The molecule has 2 rings (SSSR count). The Balaban J connectivity index is 2.04. The Morgan fingerprint density at radius 3 is 2.48 bits per heavy atom. The molecule has 4 nitrogen and oxygen atoms in total. The second-order valence-corrected chi connectivity index (χ2v) is 5.47. The molecule has 0 aliphatic carbocycles. The van der Waals surface area contributed by atoms with E-state index in [1.165, 1.54) is 6.20 Å². The van der Waals surface area contributed by atoms with Gasteiger partial charge in [0.2, 0.25) is 0 Å². The highest BCUT2D eigenvalue weighted by Gasteiger charge is 2.31. The lowest BCUT2D eigenvalue weighted by atomic mass is 10.2. The quantitative estimate of drug-likeness (QED) is 0.863. The first-order valence-corrected chi connectivity index (χ1v) is 7.01. The molecule has 1 saturated heterocycles. The Morgan fingerprint density at radius 2 is 1.95 bits per heavy atom. The number of piperazine rings is 1. The number of nitrogens with two attached hydrogens (primary N) is 1. The van der Waals surface area contributed by atoms with Gasteiger partial charge in [-0.3, -0.25) is 4.90 Å². The van der Waals surface area contributed by atoms with Crippen molar-refractivity contribution < 1.29 is 13.2 Å². The topological polar surface area (TPSA) is 45.4 Å². The van der Waals surface area contributed by atoms with Gasteiger partial charge in [-0.05, 0) is 19.1 Å². The zero-order valence-corrected chi connectivity index (χ0v) is 12.4. The highest BCUT2D eigenvalue weighted by molar-refractivity contribution is 7.80. The van der Waals surface area contributed by atoms with Crippen molar-refractivity contribution in [3.63, 3.8) is 0 Å². The van der Waals surface area contributed by atoms with E-state index in [-0.39, 0.29) is 6.04 Å². The van der Waals surface area contributed by atoms with Crippen molar-refractivity contribution in [2.24, 2.45) is 5.73 Å². The first-order chi connectivity index (χ1) is 9.79. The number of aromatic nitrogens is 1. The van der Waals surface area contributed by atoms with Crippen LogP contribution in [0.4, 0.5) is 19.0 Å². The fourth-order valence-electron chi connectivity index (χ4n) is 2.29. The van der Waals surface area contributed by atoms with Crippen LogP contribution >= 0.6 is 12.2 Å². The Hall–Kier alpha value is -1.41. The van der Waals surface area contributed by atoms with E-state index in [0.717, 1.165) is 12.1 Å². The van der Waals surface area contributed by atoms with E-state index in [9.17, 15) is 13.2 Å². The van der Waals surface area contributed by atoms with Gasteiger partial charge in [0, 0.05) is 32.4 Å². The number of hydrogen-bond donors (Lipinski definition) is 1. The maximum absolute atomic E-state index is 12.7. The van der Waals surface area contributed by atoms with Crippen LogP contribution in [0.15, 0.2) is 18.3 Å². The monoisotopic (exact) mass is 318 g/mol. The van der Waals surface area contributed by atoms with Gasteiger partial charge in [0.25, 0.3) is 0 Å². The van der Waals surface area contributed by atoms with Gasteiger partial charge in [0.15, 0.2) is 0 Å². The van der Waals surface area contributed by atoms with Crippen molar-refractivity contribution in [1.82, 2.24) is 9.88 Å².